The average molecular weight is 374 g/mol. The summed E-state index contributed by atoms with van der Waals surface area (Å²) in [6.07, 6.45) is 2.13. The second-order valence-corrected chi connectivity index (χ2v) is 7.78. The van der Waals surface area contributed by atoms with E-state index in [9.17, 15) is 4.79 Å². The third-order valence-corrected chi connectivity index (χ3v) is 5.63. The summed E-state index contributed by atoms with van der Waals surface area (Å²) in [6.45, 7) is 5.95. The molecule has 4 rings (SSSR count). The molecule has 1 amide bonds. The van der Waals surface area contributed by atoms with E-state index in [-0.39, 0.29) is 5.91 Å². The van der Waals surface area contributed by atoms with Gasteiger partial charge in [0.2, 0.25) is 0 Å². The SMILES string of the molecule is COc1cccc(-c2cc(C(=O)N3CCC(C)CC3)c3cc(C)ccc3n2)c1. The fourth-order valence-corrected chi connectivity index (χ4v) is 3.83. The lowest BCUT2D eigenvalue weighted by Gasteiger charge is -2.30. The lowest BCUT2D eigenvalue weighted by Crippen LogP contribution is -2.38. The van der Waals surface area contributed by atoms with Crippen molar-refractivity contribution >= 4 is 16.8 Å². The number of rotatable bonds is 3. The number of hydrogen-bond donors (Lipinski definition) is 0. The van der Waals surface area contributed by atoms with Crippen molar-refractivity contribution in [3.8, 4) is 17.0 Å². The zero-order valence-electron chi connectivity index (χ0n) is 16.7. The first-order valence-electron chi connectivity index (χ1n) is 9.90. The van der Waals surface area contributed by atoms with E-state index in [1.807, 2.05) is 54.3 Å². The van der Waals surface area contributed by atoms with Gasteiger partial charge in [0.15, 0.2) is 0 Å². The minimum absolute atomic E-state index is 0.106. The van der Waals surface area contributed by atoms with Crippen LogP contribution in [0.25, 0.3) is 22.2 Å². The van der Waals surface area contributed by atoms with Crippen molar-refractivity contribution in [3.05, 3.63) is 59.7 Å². The van der Waals surface area contributed by atoms with Crippen LogP contribution in [-0.2, 0) is 0 Å². The van der Waals surface area contributed by atoms with E-state index < -0.39 is 0 Å². The van der Waals surface area contributed by atoms with Gasteiger partial charge in [-0.25, -0.2) is 4.98 Å². The second kappa shape index (κ2) is 7.63. The Morgan fingerprint density at radius 1 is 1.11 bits per heavy atom. The van der Waals surface area contributed by atoms with Crippen LogP contribution in [0.3, 0.4) is 0 Å². The molecule has 0 spiro atoms. The van der Waals surface area contributed by atoms with Gasteiger partial charge in [-0.15, -0.1) is 0 Å². The van der Waals surface area contributed by atoms with Crippen LogP contribution in [-0.4, -0.2) is 36.0 Å². The number of hydrogen-bond acceptors (Lipinski definition) is 3. The van der Waals surface area contributed by atoms with Crippen LogP contribution < -0.4 is 4.74 Å². The Balaban J connectivity index is 1.83. The summed E-state index contributed by atoms with van der Waals surface area (Å²) < 4.78 is 5.36. The van der Waals surface area contributed by atoms with E-state index in [1.54, 1.807) is 7.11 Å². The molecular formula is C24H26N2O2. The minimum atomic E-state index is 0.106. The van der Waals surface area contributed by atoms with Crippen LogP contribution in [0.2, 0.25) is 0 Å². The molecule has 0 N–H and O–H groups in total. The van der Waals surface area contributed by atoms with Crippen molar-refractivity contribution in [3.63, 3.8) is 0 Å². The normalized spacial score (nSPS) is 15.0. The molecule has 1 fully saturated rings. The van der Waals surface area contributed by atoms with E-state index in [2.05, 4.69) is 13.0 Å². The first kappa shape index (κ1) is 18.5. The van der Waals surface area contributed by atoms with Gasteiger partial charge in [-0.05, 0) is 56.0 Å². The highest BCUT2D eigenvalue weighted by molar-refractivity contribution is 6.07. The van der Waals surface area contributed by atoms with Crippen molar-refractivity contribution in [1.29, 1.82) is 0 Å². The number of piperidine rings is 1. The van der Waals surface area contributed by atoms with Gasteiger partial charge in [0, 0.05) is 24.0 Å². The number of fused-ring (bicyclic) bond motifs is 1. The molecule has 1 aromatic heterocycles. The van der Waals surface area contributed by atoms with Gasteiger partial charge in [0.1, 0.15) is 5.75 Å². The fraction of sp³-hybridized carbons (Fsp3) is 0.333. The lowest BCUT2D eigenvalue weighted by atomic mass is 9.97. The van der Waals surface area contributed by atoms with E-state index in [4.69, 9.17) is 9.72 Å². The molecule has 2 heterocycles. The molecule has 4 nitrogen and oxygen atoms in total. The van der Waals surface area contributed by atoms with Crippen molar-refractivity contribution in [2.75, 3.05) is 20.2 Å². The van der Waals surface area contributed by atoms with E-state index >= 15 is 0 Å². The summed E-state index contributed by atoms with van der Waals surface area (Å²) in [5.74, 6) is 1.57. The molecule has 0 bridgehead atoms. The summed E-state index contributed by atoms with van der Waals surface area (Å²) in [7, 11) is 1.65. The lowest BCUT2D eigenvalue weighted by molar-refractivity contribution is 0.0699. The zero-order valence-corrected chi connectivity index (χ0v) is 16.7. The van der Waals surface area contributed by atoms with Gasteiger partial charge >= 0.3 is 0 Å². The fourth-order valence-electron chi connectivity index (χ4n) is 3.83. The summed E-state index contributed by atoms with van der Waals surface area (Å²) in [5, 5.41) is 0.926. The standard InChI is InChI=1S/C24H26N2O2/c1-16-9-11-26(12-10-16)24(27)21-15-23(18-5-4-6-19(14-18)28-3)25-22-8-7-17(2)13-20(21)22/h4-8,13-16H,9-12H2,1-3H3. The Labute approximate surface area is 166 Å². The van der Waals surface area contributed by atoms with Crippen molar-refractivity contribution in [1.82, 2.24) is 9.88 Å². The molecule has 0 atom stereocenters. The molecule has 28 heavy (non-hydrogen) atoms. The molecule has 0 radical (unpaired) electrons. The number of nitrogens with zero attached hydrogens (tertiary/aromatic N) is 2. The van der Waals surface area contributed by atoms with Crippen molar-refractivity contribution in [2.45, 2.75) is 26.7 Å². The van der Waals surface area contributed by atoms with Crippen LogP contribution in [0.5, 0.6) is 5.75 Å². The Bertz CT molecular complexity index is 1020. The Morgan fingerprint density at radius 2 is 1.89 bits per heavy atom. The highest BCUT2D eigenvalue weighted by Crippen LogP contribution is 2.29. The van der Waals surface area contributed by atoms with Crippen LogP contribution in [0.4, 0.5) is 0 Å². The Hall–Kier alpha value is -2.88. The first-order valence-corrected chi connectivity index (χ1v) is 9.90. The molecule has 3 aromatic rings. The first-order chi connectivity index (χ1) is 13.5. The summed E-state index contributed by atoms with van der Waals surface area (Å²) in [5.41, 5.74) is 4.46. The van der Waals surface area contributed by atoms with Crippen LogP contribution in [0, 0.1) is 12.8 Å². The quantitative estimate of drug-likeness (QED) is 0.641. The maximum atomic E-state index is 13.4. The summed E-state index contributed by atoms with van der Waals surface area (Å²) in [4.78, 5) is 20.2. The highest BCUT2D eigenvalue weighted by Gasteiger charge is 2.24. The number of methoxy groups -OCH3 is 1. The molecule has 0 unspecified atom stereocenters. The summed E-state index contributed by atoms with van der Waals surface area (Å²) in [6, 6.07) is 15.9. The smallest absolute Gasteiger partial charge is 0.254 e. The van der Waals surface area contributed by atoms with Gasteiger partial charge in [-0.3, -0.25) is 4.79 Å². The largest absolute Gasteiger partial charge is 0.497 e. The van der Waals surface area contributed by atoms with Gasteiger partial charge in [0.25, 0.3) is 5.91 Å². The average Bonchev–Trinajstić information content (AvgIpc) is 2.73. The third kappa shape index (κ3) is 3.59. The molecule has 1 saturated heterocycles. The Morgan fingerprint density at radius 3 is 2.64 bits per heavy atom. The number of carbonyl (C=O) groups excluding carboxylic acids is 1. The highest BCUT2D eigenvalue weighted by atomic mass is 16.5. The molecule has 0 aliphatic carbocycles. The predicted molar refractivity (Wildman–Crippen MR) is 113 cm³/mol. The number of pyridine rings is 1. The van der Waals surface area contributed by atoms with Gasteiger partial charge in [-0.2, -0.15) is 0 Å². The second-order valence-electron chi connectivity index (χ2n) is 7.78. The minimum Gasteiger partial charge on any atom is -0.497 e. The maximum absolute atomic E-state index is 13.4. The van der Waals surface area contributed by atoms with Gasteiger partial charge in [-0.1, -0.05) is 30.7 Å². The molecule has 4 heteroatoms. The van der Waals surface area contributed by atoms with Crippen molar-refractivity contribution in [2.24, 2.45) is 5.92 Å². The molecule has 2 aromatic carbocycles. The Kier molecular flexibility index (Phi) is 5.03. The van der Waals surface area contributed by atoms with E-state index in [0.29, 0.717) is 5.92 Å². The molecule has 144 valence electrons. The molecule has 0 saturated carbocycles. The van der Waals surface area contributed by atoms with Crippen LogP contribution >= 0.6 is 0 Å². The number of ether oxygens (including phenoxy) is 1. The maximum Gasteiger partial charge on any atom is 0.254 e. The molecule has 1 aliphatic rings. The van der Waals surface area contributed by atoms with E-state index in [0.717, 1.165) is 65.0 Å². The van der Waals surface area contributed by atoms with Gasteiger partial charge in [0.05, 0.1) is 23.9 Å². The van der Waals surface area contributed by atoms with E-state index in [1.165, 1.54) is 0 Å². The van der Waals surface area contributed by atoms with Gasteiger partial charge < -0.3 is 9.64 Å². The molecule has 1 aliphatic heterocycles. The van der Waals surface area contributed by atoms with Crippen LogP contribution in [0.1, 0.15) is 35.7 Å². The third-order valence-electron chi connectivity index (χ3n) is 5.63. The van der Waals surface area contributed by atoms with Crippen molar-refractivity contribution < 1.29 is 9.53 Å². The number of aryl methyl sites for hydroxylation is 1. The monoisotopic (exact) mass is 374 g/mol. The number of benzene rings is 2. The number of likely N-dealkylation sites (tertiary alicyclic amines) is 1. The zero-order chi connectivity index (χ0) is 19.7. The van der Waals surface area contributed by atoms with Crippen LogP contribution in [0.15, 0.2) is 48.5 Å². The topological polar surface area (TPSA) is 42.4 Å². The predicted octanol–water partition coefficient (Wildman–Crippen LogP) is 5.09. The number of amides is 1. The number of carbonyl (C=O) groups is 1. The molecular weight excluding hydrogens is 348 g/mol. The number of aromatic nitrogens is 1. The summed E-state index contributed by atoms with van der Waals surface area (Å²) >= 11 is 0.